The second-order valence-electron chi connectivity index (χ2n) is 5.23. The molecule has 4 heteroatoms. The lowest BCUT2D eigenvalue weighted by Gasteiger charge is -2.11. The number of carbonyl (C=O) groups is 2. The lowest BCUT2D eigenvalue weighted by Crippen LogP contribution is -2.06. The normalized spacial score (nSPS) is 11.5. The minimum atomic E-state index is 0.174. The van der Waals surface area contributed by atoms with Crippen LogP contribution >= 0.6 is 0 Å². The highest BCUT2D eigenvalue weighted by Gasteiger charge is 2.28. The van der Waals surface area contributed by atoms with Gasteiger partial charge >= 0.3 is 0 Å². The summed E-state index contributed by atoms with van der Waals surface area (Å²) in [5.41, 5.74) is 5.00. The van der Waals surface area contributed by atoms with Gasteiger partial charge < -0.3 is 9.64 Å². The summed E-state index contributed by atoms with van der Waals surface area (Å²) in [4.78, 5) is 21.2. The molecule has 4 nitrogen and oxygen atoms in total. The van der Waals surface area contributed by atoms with Gasteiger partial charge in [-0.3, -0.25) is 9.59 Å². The molecular weight excluding hydrogens is 278 g/mol. The van der Waals surface area contributed by atoms with Gasteiger partial charge in [0.05, 0.1) is 0 Å². The highest BCUT2D eigenvalue weighted by molar-refractivity contribution is 5.78. The molecule has 0 saturated carbocycles. The van der Waals surface area contributed by atoms with Crippen LogP contribution in [0.25, 0.3) is 11.1 Å². The van der Waals surface area contributed by atoms with Crippen LogP contribution in [0, 0.1) is 0 Å². The number of fused-ring (bicyclic) bond motifs is 3. The lowest BCUT2D eigenvalue weighted by molar-refractivity contribution is -0.128. The average Bonchev–Trinajstić information content (AvgIpc) is 2.87. The number of amides is 1. The Morgan fingerprint density at radius 3 is 1.82 bits per heavy atom. The number of nitrogens with zero attached hydrogens (tertiary/aromatic N) is 1. The van der Waals surface area contributed by atoms with Crippen molar-refractivity contribution in [1.29, 1.82) is 0 Å². The maximum atomic E-state index is 10.4. The van der Waals surface area contributed by atoms with Crippen molar-refractivity contribution in [3.63, 3.8) is 0 Å². The zero-order valence-electron chi connectivity index (χ0n) is 12.7. The van der Waals surface area contributed by atoms with Crippen molar-refractivity contribution in [2.24, 2.45) is 0 Å². The fourth-order valence-corrected chi connectivity index (χ4v) is 2.57. The summed E-state index contributed by atoms with van der Waals surface area (Å²) in [7, 11) is 3.38. The van der Waals surface area contributed by atoms with E-state index in [1.54, 1.807) is 14.1 Å². The Bertz CT molecular complexity index is 607. The number of benzene rings is 2. The van der Waals surface area contributed by atoms with Crippen molar-refractivity contribution in [3.8, 4) is 11.1 Å². The molecule has 22 heavy (non-hydrogen) atoms. The minimum absolute atomic E-state index is 0.174. The standard InChI is InChI=1S/C15H12O2.C3H7NO/c16-10-17-9-15-13-7-3-1-5-11(13)12-6-2-4-8-14(12)15;1-4(2)3-5/h1-8,10,15H,9H2;3H,1-2H3. The molecular formula is C18H19NO3. The summed E-state index contributed by atoms with van der Waals surface area (Å²) in [6.07, 6.45) is 0.750. The SMILES string of the molecule is CN(C)C=O.O=COCC1c2ccccc2-c2ccccc21. The van der Waals surface area contributed by atoms with Crippen LogP contribution in [-0.2, 0) is 14.3 Å². The van der Waals surface area contributed by atoms with Crippen LogP contribution in [-0.4, -0.2) is 38.5 Å². The Hall–Kier alpha value is -2.62. The fourth-order valence-electron chi connectivity index (χ4n) is 2.57. The Labute approximate surface area is 130 Å². The van der Waals surface area contributed by atoms with Gasteiger partial charge in [-0.15, -0.1) is 0 Å². The van der Waals surface area contributed by atoms with Crippen molar-refractivity contribution in [2.45, 2.75) is 5.92 Å². The zero-order chi connectivity index (χ0) is 15.9. The third-order valence-corrected chi connectivity index (χ3v) is 3.50. The second-order valence-corrected chi connectivity index (χ2v) is 5.23. The number of carbonyl (C=O) groups excluding carboxylic acids is 2. The molecule has 0 fully saturated rings. The van der Waals surface area contributed by atoms with Crippen LogP contribution in [0.3, 0.4) is 0 Å². The molecule has 0 atom stereocenters. The summed E-state index contributed by atoms with van der Waals surface area (Å²) in [5, 5.41) is 0. The van der Waals surface area contributed by atoms with Crippen molar-refractivity contribution in [3.05, 3.63) is 59.7 Å². The molecule has 0 N–H and O–H groups in total. The topological polar surface area (TPSA) is 46.6 Å². The van der Waals surface area contributed by atoms with Gasteiger partial charge in [-0.05, 0) is 22.3 Å². The first-order valence-corrected chi connectivity index (χ1v) is 7.04. The molecule has 1 aliphatic carbocycles. The summed E-state index contributed by atoms with van der Waals surface area (Å²) in [6, 6.07) is 16.6. The monoisotopic (exact) mass is 297 g/mol. The fraction of sp³-hybridized carbons (Fsp3) is 0.222. The highest BCUT2D eigenvalue weighted by atomic mass is 16.5. The molecule has 2 aromatic carbocycles. The van der Waals surface area contributed by atoms with Crippen LogP contribution in [0.15, 0.2) is 48.5 Å². The van der Waals surface area contributed by atoms with Crippen molar-refractivity contribution < 1.29 is 14.3 Å². The zero-order valence-corrected chi connectivity index (χ0v) is 12.7. The van der Waals surface area contributed by atoms with Gasteiger partial charge in [-0.25, -0.2) is 0 Å². The minimum Gasteiger partial charge on any atom is -0.467 e. The molecule has 0 spiro atoms. The maximum absolute atomic E-state index is 10.4. The quantitative estimate of drug-likeness (QED) is 0.815. The molecule has 0 radical (unpaired) electrons. The molecule has 0 aliphatic heterocycles. The van der Waals surface area contributed by atoms with Gasteiger partial charge in [-0.1, -0.05) is 48.5 Å². The van der Waals surface area contributed by atoms with E-state index in [-0.39, 0.29) is 5.92 Å². The Morgan fingerprint density at radius 2 is 1.41 bits per heavy atom. The maximum Gasteiger partial charge on any atom is 0.293 e. The predicted octanol–water partition coefficient (Wildman–Crippen LogP) is 2.68. The van der Waals surface area contributed by atoms with Crippen molar-refractivity contribution in [2.75, 3.05) is 20.7 Å². The lowest BCUT2D eigenvalue weighted by atomic mass is 9.98. The van der Waals surface area contributed by atoms with Crippen LogP contribution in [0.1, 0.15) is 17.0 Å². The van der Waals surface area contributed by atoms with E-state index in [9.17, 15) is 9.59 Å². The summed E-state index contributed by atoms with van der Waals surface area (Å²) >= 11 is 0. The third kappa shape index (κ3) is 3.34. The highest BCUT2D eigenvalue weighted by Crippen LogP contribution is 2.44. The Balaban J connectivity index is 0.000000309. The molecule has 2 aromatic rings. The molecule has 1 aliphatic rings. The smallest absolute Gasteiger partial charge is 0.293 e. The predicted molar refractivity (Wildman–Crippen MR) is 85.5 cm³/mol. The third-order valence-electron chi connectivity index (χ3n) is 3.50. The van der Waals surface area contributed by atoms with E-state index in [0.29, 0.717) is 13.1 Å². The van der Waals surface area contributed by atoms with E-state index in [1.165, 1.54) is 27.2 Å². The average molecular weight is 297 g/mol. The van der Waals surface area contributed by atoms with E-state index >= 15 is 0 Å². The Morgan fingerprint density at radius 1 is 0.955 bits per heavy atom. The number of rotatable bonds is 4. The molecule has 0 unspecified atom stereocenters. The summed E-state index contributed by atoms with van der Waals surface area (Å²) < 4.78 is 4.95. The van der Waals surface area contributed by atoms with Gasteiger partial charge in [0.25, 0.3) is 6.47 Å². The molecule has 0 aromatic heterocycles. The van der Waals surface area contributed by atoms with Gasteiger partial charge in [0.1, 0.15) is 6.61 Å². The molecule has 3 rings (SSSR count). The van der Waals surface area contributed by atoms with Crippen LogP contribution in [0.5, 0.6) is 0 Å². The summed E-state index contributed by atoms with van der Waals surface area (Å²) in [5.74, 6) is 0.174. The second kappa shape index (κ2) is 7.41. The van der Waals surface area contributed by atoms with E-state index in [4.69, 9.17) is 4.74 Å². The largest absolute Gasteiger partial charge is 0.467 e. The van der Waals surface area contributed by atoms with E-state index in [1.807, 2.05) is 24.3 Å². The van der Waals surface area contributed by atoms with Gasteiger partial charge in [0.2, 0.25) is 6.41 Å². The van der Waals surface area contributed by atoms with Gasteiger partial charge in [0.15, 0.2) is 0 Å². The number of hydrogen-bond donors (Lipinski definition) is 0. The molecule has 0 saturated heterocycles. The van der Waals surface area contributed by atoms with Crippen molar-refractivity contribution >= 4 is 12.9 Å². The first-order valence-electron chi connectivity index (χ1n) is 7.04. The first-order chi connectivity index (χ1) is 10.7. The van der Waals surface area contributed by atoms with E-state index in [0.717, 1.165) is 6.41 Å². The van der Waals surface area contributed by atoms with Crippen LogP contribution < -0.4 is 0 Å². The summed E-state index contributed by atoms with van der Waals surface area (Å²) in [6.45, 7) is 0.932. The molecule has 1 amide bonds. The van der Waals surface area contributed by atoms with E-state index < -0.39 is 0 Å². The van der Waals surface area contributed by atoms with E-state index in [2.05, 4.69) is 24.3 Å². The first kappa shape index (κ1) is 15.8. The Kier molecular flexibility index (Phi) is 5.31. The van der Waals surface area contributed by atoms with Gasteiger partial charge in [0, 0.05) is 20.0 Å². The number of ether oxygens (including phenoxy) is 1. The van der Waals surface area contributed by atoms with Crippen molar-refractivity contribution in [1.82, 2.24) is 4.90 Å². The molecule has 0 bridgehead atoms. The molecule has 0 heterocycles. The van der Waals surface area contributed by atoms with Crippen LogP contribution in [0.2, 0.25) is 0 Å². The van der Waals surface area contributed by atoms with Gasteiger partial charge in [-0.2, -0.15) is 0 Å². The molecule has 114 valence electrons. The van der Waals surface area contributed by atoms with Crippen LogP contribution in [0.4, 0.5) is 0 Å². The number of hydrogen-bond acceptors (Lipinski definition) is 3.